The summed E-state index contributed by atoms with van der Waals surface area (Å²) in [5.74, 6) is 2.02. The van der Waals surface area contributed by atoms with Crippen molar-refractivity contribution in [1.82, 2.24) is 5.39 Å². The van der Waals surface area contributed by atoms with Crippen LogP contribution < -0.4 is 0 Å². The highest BCUT2D eigenvalue weighted by molar-refractivity contribution is 5.08. The van der Waals surface area contributed by atoms with Gasteiger partial charge in [-0.2, -0.15) is 0 Å². The molecule has 4 nitrogen and oxygen atoms in total. The monoisotopic (exact) mass is 229 g/mol. The second kappa shape index (κ2) is 3.95. The molecule has 4 heteroatoms. The number of nitrogens with zero attached hydrogens (tertiary/aromatic N) is 1. The smallest absolute Gasteiger partial charge is 0.0910 e. The average Bonchev–Trinajstić information content (AvgIpc) is 2.51. The maximum absolute atomic E-state index is 8.88. The topological polar surface area (TPSA) is 52.9 Å². The molecule has 0 spiro atoms. The van der Waals surface area contributed by atoms with Crippen LogP contribution in [0.4, 0.5) is 0 Å². The summed E-state index contributed by atoms with van der Waals surface area (Å²) in [6.45, 7) is 8.95. The van der Waals surface area contributed by atoms with E-state index in [0.717, 1.165) is 6.42 Å². The van der Waals surface area contributed by atoms with Crippen LogP contribution in [0.5, 0.6) is 0 Å². The van der Waals surface area contributed by atoms with Crippen LogP contribution in [0.3, 0.4) is 0 Å². The van der Waals surface area contributed by atoms with Crippen LogP contribution in [0, 0.1) is 29.1 Å². The summed E-state index contributed by atoms with van der Waals surface area (Å²) in [7, 11) is 0. The molecule has 16 heavy (non-hydrogen) atoms. The highest BCUT2D eigenvalue weighted by Gasteiger charge is 2.60. The molecule has 4 unspecified atom stereocenters. The van der Waals surface area contributed by atoms with Crippen molar-refractivity contribution in [3.8, 4) is 0 Å². The lowest BCUT2D eigenvalue weighted by Gasteiger charge is -2.33. The van der Waals surface area contributed by atoms with E-state index in [1.165, 1.54) is 6.42 Å². The second-order valence-corrected chi connectivity index (χ2v) is 6.26. The summed E-state index contributed by atoms with van der Waals surface area (Å²) in [5, 5.41) is 17.7. The normalized spacial score (nSPS) is 41.2. The van der Waals surface area contributed by atoms with Gasteiger partial charge >= 0.3 is 0 Å². The third-order valence-corrected chi connectivity index (χ3v) is 4.93. The van der Waals surface area contributed by atoms with Gasteiger partial charge in [0.05, 0.1) is 11.5 Å². The van der Waals surface area contributed by atoms with Gasteiger partial charge in [-0.25, -0.2) is 4.84 Å². The lowest BCUT2D eigenvalue weighted by molar-refractivity contribution is -0.511. The maximum Gasteiger partial charge on any atom is 0.0910 e. The molecule has 94 valence electrons. The van der Waals surface area contributed by atoms with Gasteiger partial charge in [-0.1, -0.05) is 27.7 Å². The highest BCUT2D eigenvalue weighted by atomic mass is 17.1. The first-order chi connectivity index (χ1) is 7.35. The zero-order valence-corrected chi connectivity index (χ0v) is 10.6. The molecule has 0 aliphatic heterocycles. The fourth-order valence-electron chi connectivity index (χ4n) is 4.25. The van der Waals surface area contributed by atoms with Crippen molar-refractivity contribution < 1.29 is 15.3 Å². The van der Waals surface area contributed by atoms with E-state index in [4.69, 9.17) is 15.3 Å². The molecule has 2 bridgehead atoms. The SMILES string of the molecule is CC(C)C1C(ON(O)O)C2CCC1C2(C)C. The number of rotatable bonds is 3. The zero-order valence-electron chi connectivity index (χ0n) is 10.6. The molecule has 4 atom stereocenters. The minimum absolute atomic E-state index is 0.0521. The maximum atomic E-state index is 8.88. The quantitative estimate of drug-likeness (QED) is 0.731. The first-order valence-corrected chi connectivity index (χ1v) is 6.20. The third kappa shape index (κ3) is 1.68. The van der Waals surface area contributed by atoms with Crippen LogP contribution in [-0.2, 0) is 4.84 Å². The Morgan fingerprint density at radius 3 is 2.25 bits per heavy atom. The van der Waals surface area contributed by atoms with Gasteiger partial charge in [0.1, 0.15) is 0 Å². The fraction of sp³-hybridized carbons (Fsp3) is 1.00. The molecule has 0 aromatic heterocycles. The van der Waals surface area contributed by atoms with E-state index in [1.54, 1.807) is 0 Å². The fourth-order valence-corrected chi connectivity index (χ4v) is 4.25. The largest absolute Gasteiger partial charge is 0.266 e. The Bertz CT molecular complexity index is 265. The summed E-state index contributed by atoms with van der Waals surface area (Å²) in [5.41, 5.74) is 0.260. The summed E-state index contributed by atoms with van der Waals surface area (Å²) < 4.78 is 0. The van der Waals surface area contributed by atoms with E-state index in [1.807, 2.05) is 0 Å². The van der Waals surface area contributed by atoms with Crippen molar-refractivity contribution in [2.24, 2.45) is 29.1 Å². The number of hydrogen-bond acceptors (Lipinski definition) is 4. The lowest BCUT2D eigenvalue weighted by Crippen LogP contribution is -2.37. The molecule has 2 saturated carbocycles. The predicted molar refractivity (Wildman–Crippen MR) is 58.6 cm³/mol. The number of fused-ring (bicyclic) bond motifs is 2. The standard InChI is InChI=1S/C12H23NO3/c1-7(2)10-8-5-6-9(12(8,3)4)11(10)16-13(14)15/h7-11,14-15H,5-6H2,1-4H3. The Morgan fingerprint density at radius 2 is 1.75 bits per heavy atom. The van der Waals surface area contributed by atoms with Crippen LogP contribution in [0.25, 0.3) is 0 Å². The van der Waals surface area contributed by atoms with Gasteiger partial charge in [-0.15, -0.1) is 0 Å². The first kappa shape index (κ1) is 12.3. The molecule has 2 aliphatic carbocycles. The van der Waals surface area contributed by atoms with Crippen molar-refractivity contribution in [1.29, 1.82) is 0 Å². The Kier molecular flexibility index (Phi) is 3.03. The minimum atomic E-state index is -0.100. The van der Waals surface area contributed by atoms with E-state index in [-0.39, 0.29) is 16.9 Å². The van der Waals surface area contributed by atoms with Crippen molar-refractivity contribution in [2.45, 2.75) is 46.6 Å². The molecule has 2 fully saturated rings. The van der Waals surface area contributed by atoms with Crippen LogP contribution in [0.2, 0.25) is 0 Å². The molecule has 0 radical (unpaired) electrons. The van der Waals surface area contributed by atoms with Gasteiger partial charge in [0.2, 0.25) is 0 Å². The van der Waals surface area contributed by atoms with Crippen molar-refractivity contribution in [3.05, 3.63) is 0 Å². The molecule has 2 N–H and O–H groups in total. The Hall–Kier alpha value is -0.160. The van der Waals surface area contributed by atoms with Crippen LogP contribution in [0.15, 0.2) is 0 Å². The van der Waals surface area contributed by atoms with Gasteiger partial charge in [0, 0.05) is 0 Å². The Morgan fingerprint density at radius 1 is 1.19 bits per heavy atom. The molecule has 0 heterocycles. The Labute approximate surface area is 97.1 Å². The van der Waals surface area contributed by atoms with Crippen LogP contribution in [0.1, 0.15) is 40.5 Å². The molecule has 0 aromatic carbocycles. The molecule has 0 saturated heterocycles. The third-order valence-electron chi connectivity index (χ3n) is 4.93. The second-order valence-electron chi connectivity index (χ2n) is 6.26. The van der Waals surface area contributed by atoms with E-state index in [9.17, 15) is 0 Å². The van der Waals surface area contributed by atoms with E-state index < -0.39 is 0 Å². The van der Waals surface area contributed by atoms with Gasteiger partial charge in [-0.3, -0.25) is 10.4 Å². The van der Waals surface area contributed by atoms with E-state index >= 15 is 0 Å². The lowest BCUT2D eigenvalue weighted by atomic mass is 9.76. The summed E-state index contributed by atoms with van der Waals surface area (Å²) >= 11 is 0. The highest BCUT2D eigenvalue weighted by Crippen LogP contribution is 2.62. The number of hydrogen-bond donors (Lipinski definition) is 2. The summed E-state index contributed by atoms with van der Waals surface area (Å²) in [6.07, 6.45) is 2.33. The molecular weight excluding hydrogens is 206 g/mol. The molecule has 0 aromatic rings. The molecule has 0 amide bonds. The first-order valence-electron chi connectivity index (χ1n) is 6.20. The minimum Gasteiger partial charge on any atom is -0.266 e. The predicted octanol–water partition coefficient (Wildman–Crippen LogP) is 2.71. The van der Waals surface area contributed by atoms with Crippen molar-refractivity contribution in [2.75, 3.05) is 0 Å². The van der Waals surface area contributed by atoms with E-state index in [2.05, 4.69) is 27.7 Å². The van der Waals surface area contributed by atoms with Crippen molar-refractivity contribution >= 4 is 0 Å². The van der Waals surface area contributed by atoms with Gasteiger partial charge in [0.25, 0.3) is 0 Å². The van der Waals surface area contributed by atoms with E-state index in [0.29, 0.717) is 23.7 Å². The van der Waals surface area contributed by atoms with Crippen molar-refractivity contribution in [3.63, 3.8) is 0 Å². The Balaban J connectivity index is 2.23. The molecular formula is C12H23NO3. The van der Waals surface area contributed by atoms with Gasteiger partial charge in [0.15, 0.2) is 0 Å². The van der Waals surface area contributed by atoms with Crippen LogP contribution >= 0.6 is 0 Å². The summed E-state index contributed by atoms with van der Waals surface area (Å²) in [4.78, 5) is 5.20. The zero-order chi connectivity index (χ0) is 12.1. The molecule has 2 rings (SSSR count). The van der Waals surface area contributed by atoms with Gasteiger partial charge < -0.3 is 0 Å². The summed E-state index contributed by atoms with van der Waals surface area (Å²) in [6, 6.07) is 0. The van der Waals surface area contributed by atoms with Gasteiger partial charge in [-0.05, 0) is 41.9 Å². The molecule has 2 aliphatic rings. The van der Waals surface area contributed by atoms with Crippen LogP contribution in [-0.4, -0.2) is 21.9 Å². The average molecular weight is 229 g/mol.